The van der Waals surface area contributed by atoms with Gasteiger partial charge in [0.2, 0.25) is 0 Å². The lowest BCUT2D eigenvalue weighted by Crippen LogP contribution is -2.30. The highest BCUT2D eigenvalue weighted by Crippen LogP contribution is 2.35. The summed E-state index contributed by atoms with van der Waals surface area (Å²) in [5, 5.41) is 0. The molecule has 0 radical (unpaired) electrons. The number of hydrogen-bond donors (Lipinski definition) is 0. The maximum absolute atomic E-state index is 12.8. The highest BCUT2D eigenvalue weighted by atomic mass is 19.4. The van der Waals surface area contributed by atoms with Gasteiger partial charge in [-0.1, -0.05) is 12.1 Å². The number of nitrogens with zero attached hydrogens (tertiary/aromatic N) is 4. The standard InChI is InChI=1S/C18H17F3N4/c19-18(20,21)14-6-4-13(5-7-14)16-17(24-9-2-1-3-10-24)25-11-8-22-12-15(25)23-16/h4-8,11-12H,1-3,9-10H2. The molecule has 7 heteroatoms. The van der Waals surface area contributed by atoms with Gasteiger partial charge in [0.25, 0.3) is 0 Å². The van der Waals surface area contributed by atoms with Crippen molar-refractivity contribution < 1.29 is 13.2 Å². The minimum atomic E-state index is -4.34. The summed E-state index contributed by atoms with van der Waals surface area (Å²) < 4.78 is 40.4. The summed E-state index contributed by atoms with van der Waals surface area (Å²) in [6.45, 7) is 1.84. The summed E-state index contributed by atoms with van der Waals surface area (Å²) in [5.41, 5.74) is 1.42. The van der Waals surface area contributed by atoms with Gasteiger partial charge < -0.3 is 4.90 Å². The van der Waals surface area contributed by atoms with E-state index in [4.69, 9.17) is 0 Å². The summed E-state index contributed by atoms with van der Waals surface area (Å²) in [4.78, 5) is 11.0. The second-order valence-corrected chi connectivity index (χ2v) is 6.21. The van der Waals surface area contributed by atoms with Crippen molar-refractivity contribution in [2.24, 2.45) is 0 Å². The van der Waals surface area contributed by atoms with Crippen molar-refractivity contribution in [3.63, 3.8) is 0 Å². The SMILES string of the molecule is FC(F)(F)c1ccc(-c2nc3cnccn3c2N2CCCCC2)cc1. The smallest absolute Gasteiger partial charge is 0.356 e. The number of alkyl halides is 3. The van der Waals surface area contributed by atoms with Crippen LogP contribution in [0.25, 0.3) is 16.9 Å². The van der Waals surface area contributed by atoms with E-state index in [2.05, 4.69) is 14.9 Å². The van der Waals surface area contributed by atoms with Gasteiger partial charge in [-0.3, -0.25) is 9.38 Å². The molecule has 4 nitrogen and oxygen atoms in total. The summed E-state index contributed by atoms with van der Waals surface area (Å²) in [7, 11) is 0. The molecule has 0 aliphatic carbocycles. The largest absolute Gasteiger partial charge is 0.416 e. The summed E-state index contributed by atoms with van der Waals surface area (Å²) >= 11 is 0. The molecule has 4 rings (SSSR count). The van der Waals surface area contributed by atoms with Crippen LogP contribution in [0.2, 0.25) is 0 Å². The fraction of sp³-hybridized carbons (Fsp3) is 0.333. The van der Waals surface area contributed by atoms with Crippen LogP contribution >= 0.6 is 0 Å². The van der Waals surface area contributed by atoms with Crippen LogP contribution in [-0.2, 0) is 6.18 Å². The van der Waals surface area contributed by atoms with E-state index in [9.17, 15) is 13.2 Å². The molecule has 0 saturated carbocycles. The maximum Gasteiger partial charge on any atom is 0.416 e. The zero-order valence-electron chi connectivity index (χ0n) is 13.5. The number of hydrogen-bond acceptors (Lipinski definition) is 3. The van der Waals surface area contributed by atoms with E-state index in [0.717, 1.165) is 43.9 Å². The number of benzene rings is 1. The Labute approximate surface area is 142 Å². The van der Waals surface area contributed by atoms with E-state index >= 15 is 0 Å². The number of imidazole rings is 1. The minimum absolute atomic E-state index is 0.652. The number of halogens is 3. The van der Waals surface area contributed by atoms with Crippen LogP contribution in [-0.4, -0.2) is 27.5 Å². The third-order valence-corrected chi connectivity index (χ3v) is 4.55. The third-order valence-electron chi connectivity index (χ3n) is 4.55. The molecular formula is C18H17F3N4. The lowest BCUT2D eigenvalue weighted by Gasteiger charge is -2.29. The third kappa shape index (κ3) is 2.94. The quantitative estimate of drug-likeness (QED) is 0.689. The minimum Gasteiger partial charge on any atom is -0.356 e. The molecule has 1 aliphatic rings. The zero-order valence-corrected chi connectivity index (χ0v) is 13.5. The van der Waals surface area contributed by atoms with Crippen molar-refractivity contribution in [2.75, 3.05) is 18.0 Å². The summed E-state index contributed by atoms with van der Waals surface area (Å²) in [6.07, 6.45) is 4.27. The summed E-state index contributed by atoms with van der Waals surface area (Å²) in [6, 6.07) is 5.20. The molecule has 0 atom stereocenters. The molecule has 25 heavy (non-hydrogen) atoms. The number of aromatic nitrogens is 3. The van der Waals surface area contributed by atoms with Crippen molar-refractivity contribution in [2.45, 2.75) is 25.4 Å². The fourth-order valence-electron chi connectivity index (χ4n) is 3.31. The normalized spacial score (nSPS) is 15.7. The van der Waals surface area contributed by atoms with Crippen LogP contribution in [0, 0.1) is 0 Å². The zero-order chi connectivity index (χ0) is 17.4. The molecular weight excluding hydrogens is 329 g/mol. The van der Waals surface area contributed by atoms with Gasteiger partial charge in [-0.2, -0.15) is 13.2 Å². The van der Waals surface area contributed by atoms with Crippen molar-refractivity contribution in [3.05, 3.63) is 48.4 Å². The Morgan fingerprint density at radius 1 is 0.960 bits per heavy atom. The van der Waals surface area contributed by atoms with Gasteiger partial charge in [0.15, 0.2) is 5.65 Å². The van der Waals surface area contributed by atoms with Crippen LogP contribution < -0.4 is 4.90 Å². The molecule has 0 amide bonds. The Hall–Kier alpha value is -2.57. The average Bonchev–Trinajstić information content (AvgIpc) is 3.01. The van der Waals surface area contributed by atoms with Crippen LogP contribution in [0.3, 0.4) is 0 Å². The van der Waals surface area contributed by atoms with Gasteiger partial charge in [0.1, 0.15) is 11.5 Å². The number of fused-ring (bicyclic) bond motifs is 1. The van der Waals surface area contributed by atoms with Crippen LogP contribution in [0.15, 0.2) is 42.9 Å². The van der Waals surface area contributed by atoms with Crippen molar-refractivity contribution in [1.82, 2.24) is 14.4 Å². The predicted octanol–water partition coefficient (Wildman–Crippen LogP) is 4.41. The lowest BCUT2D eigenvalue weighted by molar-refractivity contribution is -0.137. The molecule has 0 spiro atoms. The second kappa shape index (κ2) is 6.06. The molecule has 2 aromatic heterocycles. The van der Waals surface area contributed by atoms with Gasteiger partial charge in [-0.25, -0.2) is 4.98 Å². The Morgan fingerprint density at radius 2 is 1.68 bits per heavy atom. The first-order valence-corrected chi connectivity index (χ1v) is 8.29. The number of anilines is 1. The monoisotopic (exact) mass is 346 g/mol. The molecule has 130 valence electrons. The van der Waals surface area contributed by atoms with Gasteiger partial charge in [0, 0.05) is 31.0 Å². The van der Waals surface area contributed by atoms with Crippen molar-refractivity contribution >= 4 is 11.5 Å². The Bertz CT molecular complexity index is 877. The molecule has 1 aromatic carbocycles. The van der Waals surface area contributed by atoms with Crippen LogP contribution in [0.4, 0.5) is 19.0 Å². The number of piperidine rings is 1. The van der Waals surface area contributed by atoms with Gasteiger partial charge in [0.05, 0.1) is 11.8 Å². The molecule has 0 unspecified atom stereocenters. The molecule has 1 aliphatic heterocycles. The Morgan fingerprint density at radius 3 is 2.36 bits per heavy atom. The van der Waals surface area contributed by atoms with Crippen LogP contribution in [0.5, 0.6) is 0 Å². The van der Waals surface area contributed by atoms with E-state index in [0.29, 0.717) is 16.9 Å². The molecule has 0 N–H and O–H groups in total. The van der Waals surface area contributed by atoms with E-state index in [-0.39, 0.29) is 0 Å². The molecule has 1 saturated heterocycles. The van der Waals surface area contributed by atoms with E-state index in [1.165, 1.54) is 18.6 Å². The Balaban J connectivity index is 1.83. The van der Waals surface area contributed by atoms with Gasteiger partial charge in [-0.05, 0) is 31.4 Å². The molecule has 3 heterocycles. The van der Waals surface area contributed by atoms with E-state index < -0.39 is 11.7 Å². The molecule has 3 aromatic rings. The predicted molar refractivity (Wildman–Crippen MR) is 89.5 cm³/mol. The average molecular weight is 346 g/mol. The topological polar surface area (TPSA) is 33.4 Å². The first-order chi connectivity index (χ1) is 12.0. The van der Waals surface area contributed by atoms with Crippen molar-refractivity contribution in [3.8, 4) is 11.3 Å². The van der Waals surface area contributed by atoms with Gasteiger partial charge in [-0.15, -0.1) is 0 Å². The summed E-state index contributed by atoms with van der Waals surface area (Å²) in [5.74, 6) is 0.928. The van der Waals surface area contributed by atoms with E-state index in [1.54, 1.807) is 12.4 Å². The van der Waals surface area contributed by atoms with Crippen LogP contribution in [0.1, 0.15) is 24.8 Å². The first kappa shape index (κ1) is 15.9. The second-order valence-electron chi connectivity index (χ2n) is 6.21. The molecule has 1 fully saturated rings. The Kier molecular flexibility index (Phi) is 3.86. The molecule has 0 bridgehead atoms. The fourth-order valence-corrected chi connectivity index (χ4v) is 3.31. The lowest BCUT2D eigenvalue weighted by atomic mass is 10.1. The maximum atomic E-state index is 12.8. The highest BCUT2D eigenvalue weighted by molar-refractivity contribution is 5.77. The first-order valence-electron chi connectivity index (χ1n) is 8.29. The van der Waals surface area contributed by atoms with Crippen molar-refractivity contribution in [1.29, 1.82) is 0 Å². The van der Waals surface area contributed by atoms with E-state index in [1.807, 2.05) is 10.6 Å². The highest BCUT2D eigenvalue weighted by Gasteiger charge is 2.30. The number of rotatable bonds is 2. The van der Waals surface area contributed by atoms with Gasteiger partial charge >= 0.3 is 6.18 Å².